The molecular formula is C15H20N4OS. The van der Waals surface area contributed by atoms with Gasteiger partial charge in [-0.3, -0.25) is 9.48 Å². The molecule has 1 amide bonds. The molecule has 1 aliphatic carbocycles. The minimum absolute atomic E-state index is 0.0198. The Bertz CT molecular complexity index is 646. The van der Waals surface area contributed by atoms with Crippen LogP contribution in [-0.2, 0) is 31.1 Å². The fraction of sp³-hybridized carbons (Fsp3) is 0.533. The molecule has 2 aromatic rings. The first-order valence-electron chi connectivity index (χ1n) is 7.42. The molecule has 2 heterocycles. The number of aromatic nitrogens is 3. The maximum absolute atomic E-state index is 12.4. The molecule has 0 saturated heterocycles. The number of hydrogen-bond acceptors (Lipinski definition) is 4. The average Bonchev–Trinajstić information content (AvgIpc) is 3.06. The molecular weight excluding hydrogens is 284 g/mol. The standard InChI is InChI=1S/C15H20N4OS/c1-3-4-12-9-16-15(21-12)18-14(20)10-5-6-11-8-17-19(2)13(11)7-10/h8-10H,3-7H2,1-2H3,(H,16,18,20). The van der Waals surface area contributed by atoms with E-state index >= 15 is 0 Å². The van der Waals surface area contributed by atoms with Gasteiger partial charge in [0, 0.05) is 36.2 Å². The summed E-state index contributed by atoms with van der Waals surface area (Å²) in [5.74, 6) is 0.102. The van der Waals surface area contributed by atoms with Crippen LogP contribution in [0.4, 0.5) is 5.13 Å². The lowest BCUT2D eigenvalue weighted by Gasteiger charge is -2.21. The normalized spacial score (nSPS) is 17.5. The number of aryl methyl sites for hydroxylation is 3. The molecule has 0 spiro atoms. The van der Waals surface area contributed by atoms with Gasteiger partial charge in [0.25, 0.3) is 0 Å². The van der Waals surface area contributed by atoms with Crippen LogP contribution in [0.5, 0.6) is 0 Å². The van der Waals surface area contributed by atoms with Crippen LogP contribution < -0.4 is 5.32 Å². The van der Waals surface area contributed by atoms with E-state index in [2.05, 4.69) is 22.3 Å². The fourth-order valence-corrected chi connectivity index (χ4v) is 3.72. The number of amides is 1. The Morgan fingerprint density at radius 2 is 2.38 bits per heavy atom. The first-order chi connectivity index (χ1) is 10.2. The van der Waals surface area contributed by atoms with Crippen LogP contribution in [0.3, 0.4) is 0 Å². The molecule has 2 aromatic heterocycles. The largest absolute Gasteiger partial charge is 0.302 e. The Morgan fingerprint density at radius 3 is 3.19 bits per heavy atom. The molecule has 0 saturated carbocycles. The number of nitrogens with one attached hydrogen (secondary N) is 1. The predicted octanol–water partition coefficient (Wildman–Crippen LogP) is 2.57. The van der Waals surface area contributed by atoms with Crippen molar-refractivity contribution in [3.8, 4) is 0 Å². The molecule has 1 atom stereocenters. The third kappa shape index (κ3) is 3.00. The van der Waals surface area contributed by atoms with Gasteiger partial charge in [0.1, 0.15) is 0 Å². The van der Waals surface area contributed by atoms with Gasteiger partial charge in [-0.1, -0.05) is 13.3 Å². The van der Waals surface area contributed by atoms with E-state index in [0.29, 0.717) is 0 Å². The summed E-state index contributed by atoms with van der Waals surface area (Å²) in [5.41, 5.74) is 2.47. The molecule has 5 nitrogen and oxygen atoms in total. The van der Waals surface area contributed by atoms with Crippen molar-refractivity contribution >= 4 is 22.4 Å². The van der Waals surface area contributed by atoms with Crippen molar-refractivity contribution in [1.82, 2.24) is 14.8 Å². The summed E-state index contributed by atoms with van der Waals surface area (Å²) < 4.78 is 1.89. The molecule has 1 unspecified atom stereocenters. The molecule has 0 radical (unpaired) electrons. The van der Waals surface area contributed by atoms with Gasteiger partial charge in [0.15, 0.2) is 5.13 Å². The molecule has 112 valence electrons. The Balaban J connectivity index is 1.64. The monoisotopic (exact) mass is 304 g/mol. The minimum Gasteiger partial charge on any atom is -0.302 e. The summed E-state index contributed by atoms with van der Waals surface area (Å²) >= 11 is 1.58. The van der Waals surface area contributed by atoms with Crippen LogP contribution in [-0.4, -0.2) is 20.7 Å². The fourth-order valence-electron chi connectivity index (χ4n) is 2.80. The number of nitrogens with zero attached hydrogens (tertiary/aromatic N) is 3. The van der Waals surface area contributed by atoms with Gasteiger partial charge in [-0.15, -0.1) is 11.3 Å². The summed E-state index contributed by atoms with van der Waals surface area (Å²) in [6.07, 6.45) is 8.49. The highest BCUT2D eigenvalue weighted by molar-refractivity contribution is 7.15. The zero-order valence-electron chi connectivity index (χ0n) is 12.4. The van der Waals surface area contributed by atoms with Gasteiger partial charge in [-0.05, 0) is 24.8 Å². The highest BCUT2D eigenvalue weighted by Crippen LogP contribution is 2.27. The molecule has 21 heavy (non-hydrogen) atoms. The molecule has 0 aromatic carbocycles. The van der Waals surface area contributed by atoms with E-state index in [9.17, 15) is 4.79 Å². The summed E-state index contributed by atoms with van der Waals surface area (Å²) in [7, 11) is 1.94. The summed E-state index contributed by atoms with van der Waals surface area (Å²) in [4.78, 5) is 17.9. The lowest BCUT2D eigenvalue weighted by atomic mass is 9.87. The Morgan fingerprint density at radius 1 is 1.52 bits per heavy atom. The topological polar surface area (TPSA) is 59.8 Å². The second kappa shape index (κ2) is 5.97. The Kier molecular flexibility index (Phi) is 4.05. The second-order valence-electron chi connectivity index (χ2n) is 5.55. The van der Waals surface area contributed by atoms with E-state index < -0.39 is 0 Å². The quantitative estimate of drug-likeness (QED) is 0.944. The predicted molar refractivity (Wildman–Crippen MR) is 83.5 cm³/mol. The van der Waals surface area contributed by atoms with Crippen molar-refractivity contribution in [1.29, 1.82) is 0 Å². The number of fused-ring (bicyclic) bond motifs is 1. The van der Waals surface area contributed by atoms with Crippen LogP contribution in [0.1, 0.15) is 35.9 Å². The van der Waals surface area contributed by atoms with Crippen LogP contribution in [0.15, 0.2) is 12.4 Å². The lowest BCUT2D eigenvalue weighted by molar-refractivity contribution is -0.120. The number of rotatable bonds is 4. The van der Waals surface area contributed by atoms with Gasteiger partial charge in [-0.25, -0.2) is 4.98 Å². The van der Waals surface area contributed by atoms with E-state index in [4.69, 9.17) is 0 Å². The number of anilines is 1. The molecule has 1 N–H and O–H groups in total. The number of hydrogen-bond donors (Lipinski definition) is 1. The van der Waals surface area contributed by atoms with Gasteiger partial charge in [-0.2, -0.15) is 5.10 Å². The van der Waals surface area contributed by atoms with Crippen LogP contribution >= 0.6 is 11.3 Å². The maximum Gasteiger partial charge on any atom is 0.229 e. The van der Waals surface area contributed by atoms with E-state index in [1.165, 1.54) is 16.1 Å². The summed E-state index contributed by atoms with van der Waals surface area (Å²) in [5, 5.41) is 7.97. The number of carbonyl (C=O) groups excluding carboxylic acids is 1. The first-order valence-corrected chi connectivity index (χ1v) is 8.24. The van der Waals surface area contributed by atoms with Gasteiger partial charge < -0.3 is 5.32 Å². The van der Waals surface area contributed by atoms with Crippen molar-refractivity contribution in [3.05, 3.63) is 28.5 Å². The molecule has 1 aliphatic rings. The smallest absolute Gasteiger partial charge is 0.229 e. The van der Waals surface area contributed by atoms with Gasteiger partial charge in [0.2, 0.25) is 5.91 Å². The molecule has 3 rings (SSSR count). The second-order valence-corrected chi connectivity index (χ2v) is 6.67. The molecule has 6 heteroatoms. The zero-order chi connectivity index (χ0) is 14.8. The average molecular weight is 304 g/mol. The van der Waals surface area contributed by atoms with Crippen molar-refractivity contribution in [3.63, 3.8) is 0 Å². The molecule has 0 fully saturated rings. The van der Waals surface area contributed by atoms with Crippen LogP contribution in [0, 0.1) is 5.92 Å². The van der Waals surface area contributed by atoms with E-state index in [-0.39, 0.29) is 11.8 Å². The Hall–Kier alpha value is -1.69. The zero-order valence-corrected chi connectivity index (χ0v) is 13.2. The first kappa shape index (κ1) is 14.3. The van der Waals surface area contributed by atoms with Crippen LogP contribution in [0.2, 0.25) is 0 Å². The van der Waals surface area contributed by atoms with Gasteiger partial charge in [0.05, 0.1) is 6.20 Å². The number of carbonyl (C=O) groups is 1. The third-order valence-corrected chi connectivity index (χ3v) is 4.97. The molecule has 0 aliphatic heterocycles. The maximum atomic E-state index is 12.4. The molecule has 0 bridgehead atoms. The minimum atomic E-state index is 0.0198. The van der Waals surface area contributed by atoms with E-state index in [1.807, 2.05) is 24.1 Å². The van der Waals surface area contributed by atoms with Crippen molar-refractivity contribution in [2.45, 2.75) is 39.0 Å². The van der Waals surface area contributed by atoms with Crippen molar-refractivity contribution in [2.75, 3.05) is 5.32 Å². The van der Waals surface area contributed by atoms with Crippen molar-refractivity contribution < 1.29 is 4.79 Å². The summed E-state index contributed by atoms with van der Waals surface area (Å²) in [6.45, 7) is 2.14. The van der Waals surface area contributed by atoms with Gasteiger partial charge >= 0.3 is 0 Å². The highest BCUT2D eigenvalue weighted by Gasteiger charge is 2.27. The number of thiazole rings is 1. The lowest BCUT2D eigenvalue weighted by Crippen LogP contribution is -2.28. The SMILES string of the molecule is CCCc1cnc(NC(=O)C2CCc3cnn(C)c3C2)s1. The Labute approximate surface area is 128 Å². The van der Waals surface area contributed by atoms with Crippen molar-refractivity contribution in [2.24, 2.45) is 13.0 Å². The highest BCUT2D eigenvalue weighted by atomic mass is 32.1. The van der Waals surface area contributed by atoms with Crippen LogP contribution in [0.25, 0.3) is 0 Å². The van der Waals surface area contributed by atoms with E-state index in [0.717, 1.165) is 37.2 Å². The third-order valence-electron chi connectivity index (χ3n) is 4.00. The summed E-state index contributed by atoms with van der Waals surface area (Å²) in [6, 6.07) is 0. The van der Waals surface area contributed by atoms with E-state index in [1.54, 1.807) is 11.3 Å².